The van der Waals surface area contributed by atoms with Crippen LogP contribution in [0.2, 0.25) is 0 Å². The molecule has 0 atom stereocenters. The van der Waals surface area contributed by atoms with E-state index in [0.29, 0.717) is 5.69 Å². The van der Waals surface area contributed by atoms with Crippen molar-refractivity contribution in [3.05, 3.63) is 70.5 Å². The minimum atomic E-state index is -4.85. The normalized spacial score (nSPS) is 10.9. The van der Waals surface area contributed by atoms with Crippen molar-refractivity contribution in [3.8, 4) is 5.75 Å². The van der Waals surface area contributed by atoms with Gasteiger partial charge in [-0.1, -0.05) is 12.1 Å². The van der Waals surface area contributed by atoms with Gasteiger partial charge in [0.05, 0.1) is 23.3 Å². The van der Waals surface area contributed by atoms with Crippen LogP contribution in [0.4, 0.5) is 41.9 Å². The summed E-state index contributed by atoms with van der Waals surface area (Å²) in [5.74, 6) is -1.44. The number of nitrogens with one attached hydrogen (secondary N) is 1. The van der Waals surface area contributed by atoms with Crippen LogP contribution in [0.15, 0.2) is 54.9 Å². The topological polar surface area (TPSA) is 120 Å². The molecule has 0 amide bonds. The molecular formula is C20H16F3N5O5. The lowest BCUT2D eigenvalue weighted by Crippen LogP contribution is -2.18. The van der Waals surface area contributed by atoms with Gasteiger partial charge in [0.1, 0.15) is 12.1 Å². The third-order valence-corrected chi connectivity index (χ3v) is 4.32. The van der Waals surface area contributed by atoms with Gasteiger partial charge >= 0.3 is 18.0 Å². The van der Waals surface area contributed by atoms with Gasteiger partial charge in [0.2, 0.25) is 11.6 Å². The summed E-state index contributed by atoms with van der Waals surface area (Å²) in [5, 5.41) is 14.6. The number of nitro groups is 1. The molecule has 1 aromatic heterocycles. The van der Waals surface area contributed by atoms with E-state index in [4.69, 9.17) is 4.74 Å². The smallest absolute Gasteiger partial charge is 0.465 e. The Morgan fingerprint density at radius 3 is 2.39 bits per heavy atom. The van der Waals surface area contributed by atoms with E-state index in [1.165, 1.54) is 37.3 Å². The van der Waals surface area contributed by atoms with Crippen molar-refractivity contribution in [2.75, 3.05) is 24.4 Å². The predicted molar refractivity (Wildman–Crippen MR) is 111 cm³/mol. The highest BCUT2D eigenvalue weighted by Crippen LogP contribution is 2.37. The van der Waals surface area contributed by atoms with Crippen LogP contribution in [0.5, 0.6) is 5.75 Å². The van der Waals surface area contributed by atoms with Crippen molar-refractivity contribution >= 4 is 34.7 Å². The molecule has 13 heteroatoms. The number of hydrogen-bond acceptors (Lipinski definition) is 9. The number of hydrogen-bond donors (Lipinski definition) is 1. The Labute approximate surface area is 184 Å². The number of carbonyl (C=O) groups is 1. The first kappa shape index (κ1) is 23.2. The fourth-order valence-electron chi connectivity index (χ4n) is 2.91. The average Bonchev–Trinajstić information content (AvgIpc) is 2.78. The molecule has 0 saturated heterocycles. The summed E-state index contributed by atoms with van der Waals surface area (Å²) in [6, 6.07) is 10.9. The first-order valence-corrected chi connectivity index (χ1v) is 9.14. The van der Waals surface area contributed by atoms with Gasteiger partial charge in [0.25, 0.3) is 0 Å². The second-order valence-electron chi connectivity index (χ2n) is 6.42. The van der Waals surface area contributed by atoms with E-state index in [9.17, 15) is 28.1 Å². The number of ether oxygens (including phenoxy) is 2. The van der Waals surface area contributed by atoms with Gasteiger partial charge in [0, 0.05) is 12.7 Å². The summed E-state index contributed by atoms with van der Waals surface area (Å²) in [5.41, 5.74) is 0.154. The molecule has 1 N–H and O–H groups in total. The summed E-state index contributed by atoms with van der Waals surface area (Å²) in [4.78, 5) is 32.5. The van der Waals surface area contributed by atoms with Gasteiger partial charge in [-0.2, -0.15) is 0 Å². The van der Waals surface area contributed by atoms with Crippen LogP contribution < -0.4 is 15.0 Å². The van der Waals surface area contributed by atoms with Gasteiger partial charge < -0.3 is 19.7 Å². The number of esters is 1. The number of para-hydroxylation sites is 1. The molecule has 0 spiro atoms. The molecule has 1 heterocycles. The van der Waals surface area contributed by atoms with Crippen LogP contribution in [0.1, 0.15) is 10.4 Å². The molecule has 0 unspecified atom stereocenters. The van der Waals surface area contributed by atoms with Crippen LogP contribution in [0.3, 0.4) is 0 Å². The van der Waals surface area contributed by atoms with Gasteiger partial charge in [-0.25, -0.2) is 14.8 Å². The molecule has 2 aromatic carbocycles. The maximum atomic E-state index is 12.3. The third kappa shape index (κ3) is 5.44. The van der Waals surface area contributed by atoms with Gasteiger partial charge in [-0.05, 0) is 36.4 Å². The number of nitrogens with zero attached hydrogens (tertiary/aromatic N) is 4. The number of halogens is 3. The molecule has 3 rings (SSSR count). The third-order valence-electron chi connectivity index (χ3n) is 4.32. The Kier molecular flexibility index (Phi) is 6.61. The maximum absolute atomic E-state index is 12.3. The molecule has 172 valence electrons. The summed E-state index contributed by atoms with van der Waals surface area (Å²) >= 11 is 0. The van der Waals surface area contributed by atoms with Gasteiger partial charge in [-0.3, -0.25) is 10.1 Å². The first-order chi connectivity index (χ1) is 15.6. The largest absolute Gasteiger partial charge is 0.573 e. The van der Waals surface area contributed by atoms with Gasteiger partial charge in [-0.15, -0.1) is 13.2 Å². The van der Waals surface area contributed by atoms with Crippen molar-refractivity contribution in [2.45, 2.75) is 6.36 Å². The second kappa shape index (κ2) is 9.38. The van der Waals surface area contributed by atoms with E-state index >= 15 is 0 Å². The Balaban J connectivity index is 1.97. The average molecular weight is 463 g/mol. The number of benzene rings is 2. The van der Waals surface area contributed by atoms with Crippen LogP contribution in [0, 0.1) is 10.1 Å². The minimum Gasteiger partial charge on any atom is -0.465 e. The number of anilines is 4. The Morgan fingerprint density at radius 1 is 1.12 bits per heavy atom. The fraction of sp³-hybridized carbons (Fsp3) is 0.150. The van der Waals surface area contributed by atoms with Crippen molar-refractivity contribution in [2.24, 2.45) is 0 Å². The highest BCUT2D eigenvalue weighted by Gasteiger charge is 2.31. The SMILES string of the molecule is COC(=O)c1ccccc1N(C)c1ncnc(Nc2ccc(OC(F)(F)F)cc2)c1[N+](=O)[O-]. The van der Waals surface area contributed by atoms with Crippen LogP contribution in [0.25, 0.3) is 0 Å². The lowest BCUT2D eigenvalue weighted by Gasteiger charge is -2.21. The molecular weight excluding hydrogens is 447 g/mol. The summed E-state index contributed by atoms with van der Waals surface area (Å²) in [7, 11) is 2.68. The quantitative estimate of drug-likeness (QED) is 0.305. The lowest BCUT2D eigenvalue weighted by molar-refractivity contribution is -0.383. The molecule has 0 bridgehead atoms. The molecule has 0 aliphatic heterocycles. The first-order valence-electron chi connectivity index (χ1n) is 9.14. The molecule has 10 nitrogen and oxygen atoms in total. The van der Waals surface area contributed by atoms with E-state index in [2.05, 4.69) is 20.0 Å². The Morgan fingerprint density at radius 2 is 1.79 bits per heavy atom. The zero-order chi connectivity index (χ0) is 24.2. The van der Waals surface area contributed by atoms with E-state index in [0.717, 1.165) is 18.5 Å². The number of carbonyl (C=O) groups excluding carboxylic acids is 1. The van der Waals surface area contributed by atoms with Crippen molar-refractivity contribution in [1.29, 1.82) is 0 Å². The van der Waals surface area contributed by atoms with E-state index < -0.39 is 28.7 Å². The predicted octanol–water partition coefficient (Wildman–Crippen LogP) is 4.58. The van der Waals surface area contributed by atoms with Crippen molar-refractivity contribution < 1.29 is 32.4 Å². The van der Waals surface area contributed by atoms with Crippen molar-refractivity contribution in [1.82, 2.24) is 9.97 Å². The standard InChI is InChI=1S/C20H16F3N5O5/c1-27(15-6-4-3-5-14(15)19(29)32-2)18-16(28(30)31)17(24-11-25-18)26-12-7-9-13(10-8-12)33-20(21,22)23/h3-11H,1-2H3,(H,24,25,26). The molecule has 3 aromatic rings. The highest BCUT2D eigenvalue weighted by molar-refractivity contribution is 5.97. The highest BCUT2D eigenvalue weighted by atomic mass is 19.4. The van der Waals surface area contributed by atoms with Crippen LogP contribution in [-0.2, 0) is 4.74 Å². The van der Waals surface area contributed by atoms with E-state index in [-0.39, 0.29) is 22.9 Å². The molecule has 0 aliphatic rings. The number of aromatic nitrogens is 2. The Hall–Kier alpha value is -4.42. The molecule has 0 saturated carbocycles. The van der Waals surface area contributed by atoms with Crippen molar-refractivity contribution in [3.63, 3.8) is 0 Å². The van der Waals surface area contributed by atoms with E-state index in [1.807, 2.05) is 0 Å². The number of alkyl halides is 3. The van der Waals surface area contributed by atoms with Crippen LogP contribution in [-0.4, -0.2) is 41.4 Å². The number of rotatable bonds is 7. The zero-order valence-electron chi connectivity index (χ0n) is 17.2. The van der Waals surface area contributed by atoms with Gasteiger partial charge in [0.15, 0.2) is 0 Å². The molecule has 0 radical (unpaired) electrons. The summed E-state index contributed by atoms with van der Waals surface area (Å²) < 4.78 is 45.5. The second-order valence-corrected chi connectivity index (χ2v) is 6.42. The maximum Gasteiger partial charge on any atom is 0.573 e. The summed E-state index contributed by atoms with van der Waals surface area (Å²) in [6.07, 6.45) is -3.77. The number of methoxy groups -OCH3 is 1. The Bertz CT molecular complexity index is 1170. The molecule has 0 fully saturated rings. The lowest BCUT2D eigenvalue weighted by atomic mass is 10.1. The molecule has 0 aliphatic carbocycles. The zero-order valence-corrected chi connectivity index (χ0v) is 17.2. The fourth-order valence-corrected chi connectivity index (χ4v) is 2.91. The monoisotopic (exact) mass is 463 g/mol. The van der Waals surface area contributed by atoms with E-state index in [1.54, 1.807) is 18.2 Å². The minimum absolute atomic E-state index is 0.133. The van der Waals surface area contributed by atoms with Crippen LogP contribution >= 0.6 is 0 Å². The summed E-state index contributed by atoms with van der Waals surface area (Å²) in [6.45, 7) is 0. The molecule has 33 heavy (non-hydrogen) atoms.